The van der Waals surface area contributed by atoms with Crippen molar-refractivity contribution in [1.29, 1.82) is 0 Å². The van der Waals surface area contributed by atoms with Gasteiger partial charge in [0.2, 0.25) is 5.60 Å². The molecule has 0 saturated carbocycles. The van der Waals surface area contributed by atoms with Crippen LogP contribution in [0.25, 0.3) is 0 Å². The molecule has 1 aliphatic rings. The Morgan fingerprint density at radius 1 is 1.13 bits per heavy atom. The molecule has 0 aliphatic carbocycles. The largest absolute Gasteiger partial charge is 0.445 e. The van der Waals surface area contributed by atoms with Crippen LogP contribution in [0.3, 0.4) is 0 Å². The first kappa shape index (κ1) is 19.9. The molecule has 0 radical (unpaired) electrons. The third-order valence-corrected chi connectivity index (χ3v) is 3.85. The Bertz CT molecular complexity index is 438. The number of carbonyl (C=O) groups is 2. The molecule has 1 aliphatic heterocycles. The van der Waals surface area contributed by atoms with Gasteiger partial charge in [-0.3, -0.25) is 9.59 Å². The zero-order valence-electron chi connectivity index (χ0n) is 12.7. The Morgan fingerprint density at radius 3 is 2.09 bits per heavy atom. The Morgan fingerprint density at radius 2 is 1.70 bits per heavy atom. The zero-order valence-corrected chi connectivity index (χ0v) is 12.7. The van der Waals surface area contributed by atoms with E-state index < -0.39 is 67.2 Å². The van der Waals surface area contributed by atoms with Gasteiger partial charge in [-0.15, -0.1) is 0 Å². The van der Waals surface area contributed by atoms with Crippen LogP contribution in [-0.4, -0.2) is 97.8 Å². The predicted molar refractivity (Wildman–Crippen MR) is 72.0 cm³/mol. The number of ether oxygens (including phenoxy) is 2. The van der Waals surface area contributed by atoms with E-state index in [9.17, 15) is 40.2 Å². The van der Waals surface area contributed by atoms with Crippen molar-refractivity contribution in [3.8, 4) is 0 Å². The molecule has 23 heavy (non-hydrogen) atoms. The second-order valence-corrected chi connectivity index (χ2v) is 5.39. The van der Waals surface area contributed by atoms with Crippen LogP contribution >= 0.6 is 0 Å². The van der Waals surface area contributed by atoms with Gasteiger partial charge < -0.3 is 40.1 Å². The molecule has 0 aromatic heterocycles. The van der Waals surface area contributed by atoms with E-state index in [4.69, 9.17) is 9.47 Å². The number of aliphatic hydroxyl groups is 6. The number of esters is 1. The van der Waals surface area contributed by atoms with Gasteiger partial charge in [0, 0.05) is 6.92 Å². The summed E-state index contributed by atoms with van der Waals surface area (Å²) in [6, 6.07) is 0. The molecule has 0 amide bonds. The third kappa shape index (κ3) is 3.53. The number of aliphatic hydroxyl groups excluding tert-OH is 6. The number of rotatable bonds is 6. The summed E-state index contributed by atoms with van der Waals surface area (Å²) in [5, 5.41) is 58.1. The molecule has 134 valence electrons. The van der Waals surface area contributed by atoms with Crippen molar-refractivity contribution >= 4 is 11.8 Å². The molecule has 0 aromatic rings. The second kappa shape index (κ2) is 7.62. The summed E-state index contributed by atoms with van der Waals surface area (Å²) in [5.74, 6) is -1.97. The Hall–Kier alpha value is -1.14. The lowest BCUT2D eigenvalue weighted by Gasteiger charge is -2.48. The molecule has 0 aromatic carbocycles. The highest BCUT2D eigenvalue weighted by Gasteiger charge is 2.60. The fourth-order valence-electron chi connectivity index (χ4n) is 2.65. The van der Waals surface area contributed by atoms with Crippen molar-refractivity contribution in [2.75, 3.05) is 13.2 Å². The third-order valence-electron chi connectivity index (χ3n) is 3.85. The topological polar surface area (TPSA) is 174 Å². The van der Waals surface area contributed by atoms with Gasteiger partial charge in [-0.2, -0.15) is 0 Å². The molecule has 3 unspecified atom stereocenters. The van der Waals surface area contributed by atoms with Crippen molar-refractivity contribution in [1.82, 2.24) is 0 Å². The van der Waals surface area contributed by atoms with Crippen molar-refractivity contribution in [3.63, 3.8) is 0 Å². The van der Waals surface area contributed by atoms with Gasteiger partial charge >= 0.3 is 5.97 Å². The molecular weight excluding hydrogens is 316 g/mol. The van der Waals surface area contributed by atoms with E-state index in [1.165, 1.54) is 0 Å². The van der Waals surface area contributed by atoms with Crippen LogP contribution in [-0.2, 0) is 19.1 Å². The van der Waals surface area contributed by atoms with Crippen molar-refractivity contribution < 1.29 is 49.7 Å². The Balaban J connectivity index is 3.38. The summed E-state index contributed by atoms with van der Waals surface area (Å²) in [6.45, 7) is 0.0850. The molecule has 1 heterocycles. The summed E-state index contributed by atoms with van der Waals surface area (Å²) in [6.07, 6.45) is -10.6. The predicted octanol–water partition coefficient (Wildman–Crippen LogP) is -3.93. The Kier molecular flexibility index (Phi) is 6.59. The minimum Gasteiger partial charge on any atom is -0.445 e. The van der Waals surface area contributed by atoms with Crippen LogP contribution in [0.2, 0.25) is 0 Å². The summed E-state index contributed by atoms with van der Waals surface area (Å²) in [5.41, 5.74) is -2.52. The average Bonchev–Trinajstić information content (AvgIpc) is 2.49. The van der Waals surface area contributed by atoms with Crippen LogP contribution in [0.5, 0.6) is 0 Å². The lowest BCUT2D eigenvalue weighted by molar-refractivity contribution is -0.283. The first-order chi connectivity index (χ1) is 10.6. The molecule has 1 fully saturated rings. The maximum Gasteiger partial charge on any atom is 0.303 e. The molecule has 7 atom stereocenters. The highest BCUT2D eigenvalue weighted by atomic mass is 16.6. The van der Waals surface area contributed by atoms with E-state index in [0.29, 0.717) is 0 Å². The van der Waals surface area contributed by atoms with E-state index in [2.05, 4.69) is 0 Å². The fraction of sp³-hybridized carbons (Fsp3) is 0.846. The fourth-order valence-corrected chi connectivity index (χ4v) is 2.65. The van der Waals surface area contributed by atoms with Crippen LogP contribution in [0.15, 0.2) is 0 Å². The molecule has 1 rings (SSSR count). The number of Topliss-reactive ketones (excluding diaryl/α,β-unsaturated/α-hetero) is 1. The van der Waals surface area contributed by atoms with E-state index >= 15 is 0 Å². The Labute approximate surface area is 131 Å². The molecular formula is C13H22O10. The van der Waals surface area contributed by atoms with Gasteiger partial charge in [0.15, 0.2) is 5.78 Å². The van der Waals surface area contributed by atoms with Crippen LogP contribution in [0, 0.1) is 0 Å². The van der Waals surface area contributed by atoms with E-state index in [-0.39, 0.29) is 0 Å². The summed E-state index contributed by atoms with van der Waals surface area (Å²) < 4.78 is 10.1. The molecule has 1 saturated heterocycles. The highest BCUT2D eigenvalue weighted by molar-refractivity contribution is 5.89. The molecule has 0 bridgehead atoms. The minimum absolute atomic E-state index is 0.773. The van der Waals surface area contributed by atoms with E-state index in [0.717, 1.165) is 13.8 Å². The normalized spacial score (nSPS) is 35.2. The van der Waals surface area contributed by atoms with Crippen LogP contribution in [0.1, 0.15) is 13.8 Å². The van der Waals surface area contributed by atoms with Gasteiger partial charge in [0.1, 0.15) is 36.6 Å². The molecule has 0 spiro atoms. The molecule has 10 nitrogen and oxygen atoms in total. The first-order valence-electron chi connectivity index (χ1n) is 6.93. The monoisotopic (exact) mass is 338 g/mol. The smallest absolute Gasteiger partial charge is 0.303 e. The quantitative estimate of drug-likeness (QED) is 0.262. The van der Waals surface area contributed by atoms with Crippen molar-refractivity contribution in [3.05, 3.63) is 0 Å². The summed E-state index contributed by atoms with van der Waals surface area (Å²) in [4.78, 5) is 23.4. The first-order valence-corrected chi connectivity index (χ1v) is 6.93. The van der Waals surface area contributed by atoms with Gasteiger partial charge in [-0.05, 0) is 6.92 Å². The van der Waals surface area contributed by atoms with E-state index in [1.54, 1.807) is 0 Å². The summed E-state index contributed by atoms with van der Waals surface area (Å²) in [7, 11) is 0. The maximum absolute atomic E-state index is 12.1. The number of carbonyl (C=O) groups excluding carboxylic acids is 2. The lowest BCUT2D eigenvalue weighted by atomic mass is 9.79. The average molecular weight is 338 g/mol. The van der Waals surface area contributed by atoms with Crippen LogP contribution in [0.4, 0.5) is 0 Å². The van der Waals surface area contributed by atoms with Gasteiger partial charge in [-0.25, -0.2) is 0 Å². The zero-order chi connectivity index (χ0) is 17.9. The highest BCUT2D eigenvalue weighted by Crippen LogP contribution is 2.34. The maximum atomic E-state index is 12.1. The number of hydrogen-bond donors (Lipinski definition) is 6. The van der Waals surface area contributed by atoms with Gasteiger partial charge in [-0.1, -0.05) is 0 Å². The van der Waals surface area contributed by atoms with Gasteiger partial charge in [0.25, 0.3) is 0 Å². The van der Waals surface area contributed by atoms with Crippen LogP contribution < -0.4 is 0 Å². The summed E-state index contributed by atoms with van der Waals surface area (Å²) >= 11 is 0. The minimum atomic E-state index is -2.52. The second-order valence-electron chi connectivity index (χ2n) is 5.39. The lowest BCUT2D eigenvalue weighted by Crippen LogP contribution is -2.71. The standard InChI is InChI=1S/C13H22O10/c1-5(16)13(8(18)4-15,23-6(2)17)12-11(21)10(20)9(19)7(3-14)22-12/h7-12,14-15,18-21H,3-4H2,1-2H3/t7-,8?,9-,10+,11-,12?,13?/m1/s1. The SMILES string of the molecule is CC(=O)OC(C(C)=O)(C(O)CO)C1O[C@H](CO)[C@@H](O)[C@H](O)[C@H]1O. The number of ketones is 1. The van der Waals surface area contributed by atoms with Crippen molar-refractivity contribution in [2.24, 2.45) is 0 Å². The molecule has 6 N–H and O–H groups in total. The molecule has 10 heteroatoms. The van der Waals surface area contributed by atoms with Crippen molar-refractivity contribution in [2.45, 2.75) is 56.1 Å². The number of hydrogen-bond acceptors (Lipinski definition) is 10. The van der Waals surface area contributed by atoms with E-state index in [1.807, 2.05) is 0 Å². The van der Waals surface area contributed by atoms with Gasteiger partial charge in [0.05, 0.1) is 13.2 Å².